The van der Waals surface area contributed by atoms with Crippen molar-refractivity contribution in [2.24, 2.45) is 0 Å². The van der Waals surface area contributed by atoms with Crippen LogP contribution in [0.15, 0.2) is 18.2 Å². The fourth-order valence-electron chi connectivity index (χ4n) is 2.44. The van der Waals surface area contributed by atoms with Gasteiger partial charge in [0.15, 0.2) is 0 Å². The molecule has 120 valence electrons. The van der Waals surface area contributed by atoms with Crippen molar-refractivity contribution < 1.29 is 13.2 Å². The Morgan fingerprint density at radius 2 is 1.86 bits per heavy atom. The van der Waals surface area contributed by atoms with Gasteiger partial charge in [-0.05, 0) is 45.3 Å². The van der Waals surface area contributed by atoms with Crippen molar-refractivity contribution in [2.45, 2.75) is 32.6 Å². The topological polar surface area (TPSA) is 32.5 Å². The van der Waals surface area contributed by atoms with Gasteiger partial charge in [0, 0.05) is 24.8 Å². The highest BCUT2D eigenvalue weighted by Crippen LogP contribution is 2.34. The van der Waals surface area contributed by atoms with Gasteiger partial charge in [-0.2, -0.15) is 13.2 Å². The first kappa shape index (κ1) is 17.8. The van der Waals surface area contributed by atoms with Crippen LogP contribution in [-0.2, 0) is 12.7 Å². The Balaban J connectivity index is 3.00. The lowest BCUT2D eigenvalue weighted by atomic mass is 10.0. The molecule has 0 spiro atoms. The lowest BCUT2D eigenvalue weighted by molar-refractivity contribution is -0.138. The predicted octanol–water partition coefficient (Wildman–Crippen LogP) is 3.06. The number of nitrogens with two attached hydrogens (primary N) is 1. The molecule has 2 N–H and O–H groups in total. The molecule has 1 unspecified atom stereocenters. The van der Waals surface area contributed by atoms with Gasteiger partial charge >= 0.3 is 6.18 Å². The minimum absolute atomic E-state index is 0.135. The summed E-state index contributed by atoms with van der Waals surface area (Å²) in [6.07, 6.45) is -4.38. The number of halogens is 3. The second-order valence-electron chi connectivity index (χ2n) is 5.59. The summed E-state index contributed by atoms with van der Waals surface area (Å²) in [5.41, 5.74) is 5.25. The molecule has 1 aromatic carbocycles. The molecule has 6 heteroatoms. The molecule has 0 fully saturated rings. The highest BCUT2D eigenvalue weighted by atomic mass is 19.4. The fourth-order valence-corrected chi connectivity index (χ4v) is 2.44. The van der Waals surface area contributed by atoms with Gasteiger partial charge in [-0.3, -0.25) is 4.90 Å². The summed E-state index contributed by atoms with van der Waals surface area (Å²) in [7, 11) is 3.91. The van der Waals surface area contributed by atoms with E-state index in [1.54, 1.807) is 0 Å². The van der Waals surface area contributed by atoms with E-state index in [0.29, 0.717) is 6.54 Å². The number of likely N-dealkylation sites (N-methyl/N-ethyl adjacent to an activating group) is 2. The van der Waals surface area contributed by atoms with Crippen molar-refractivity contribution in [2.75, 3.05) is 32.9 Å². The Morgan fingerprint density at radius 3 is 2.33 bits per heavy atom. The molecule has 0 saturated carbocycles. The quantitative estimate of drug-likeness (QED) is 0.820. The minimum atomic E-state index is -4.38. The van der Waals surface area contributed by atoms with Crippen LogP contribution in [0.3, 0.4) is 0 Å². The van der Waals surface area contributed by atoms with Crippen LogP contribution in [0.2, 0.25) is 0 Å². The molecule has 1 aromatic rings. The van der Waals surface area contributed by atoms with Crippen molar-refractivity contribution in [3.8, 4) is 0 Å². The monoisotopic (exact) mass is 303 g/mol. The van der Waals surface area contributed by atoms with E-state index in [0.717, 1.165) is 12.6 Å². The molecule has 21 heavy (non-hydrogen) atoms. The molecule has 0 aliphatic rings. The van der Waals surface area contributed by atoms with Crippen LogP contribution in [0.25, 0.3) is 0 Å². The zero-order valence-corrected chi connectivity index (χ0v) is 13.0. The van der Waals surface area contributed by atoms with E-state index in [2.05, 4.69) is 0 Å². The Kier molecular flexibility index (Phi) is 6.04. The van der Waals surface area contributed by atoms with E-state index in [-0.39, 0.29) is 23.8 Å². The standard InChI is InChI=1S/C15H24F3N3/c1-5-21(11(2)9-20(3)4)10-12-6-7-13(19)8-14(12)15(16,17)18/h6-8,11H,5,9-10,19H2,1-4H3. The van der Waals surface area contributed by atoms with Crippen molar-refractivity contribution >= 4 is 5.69 Å². The molecule has 0 aromatic heterocycles. The van der Waals surface area contributed by atoms with Crippen LogP contribution in [0.5, 0.6) is 0 Å². The number of benzene rings is 1. The van der Waals surface area contributed by atoms with E-state index in [9.17, 15) is 13.2 Å². The molecular formula is C15H24F3N3. The van der Waals surface area contributed by atoms with E-state index in [4.69, 9.17) is 5.73 Å². The van der Waals surface area contributed by atoms with E-state index < -0.39 is 11.7 Å². The summed E-state index contributed by atoms with van der Waals surface area (Å²) in [5.74, 6) is 0. The van der Waals surface area contributed by atoms with Gasteiger partial charge in [0.25, 0.3) is 0 Å². The number of hydrogen-bond acceptors (Lipinski definition) is 3. The Morgan fingerprint density at radius 1 is 1.24 bits per heavy atom. The van der Waals surface area contributed by atoms with Gasteiger partial charge in [0.2, 0.25) is 0 Å². The second kappa shape index (κ2) is 7.13. The summed E-state index contributed by atoms with van der Waals surface area (Å²) < 4.78 is 39.3. The van der Waals surface area contributed by atoms with Gasteiger partial charge in [0.1, 0.15) is 0 Å². The Labute approximate surface area is 124 Å². The second-order valence-corrected chi connectivity index (χ2v) is 5.59. The minimum Gasteiger partial charge on any atom is -0.399 e. The molecule has 0 bridgehead atoms. The molecule has 3 nitrogen and oxygen atoms in total. The maximum Gasteiger partial charge on any atom is 0.416 e. The molecule has 1 rings (SSSR count). The highest BCUT2D eigenvalue weighted by molar-refractivity contribution is 5.46. The molecule has 0 saturated heterocycles. The van der Waals surface area contributed by atoms with E-state index in [1.165, 1.54) is 12.1 Å². The highest BCUT2D eigenvalue weighted by Gasteiger charge is 2.34. The largest absolute Gasteiger partial charge is 0.416 e. The van der Waals surface area contributed by atoms with Crippen molar-refractivity contribution in [1.29, 1.82) is 0 Å². The zero-order valence-electron chi connectivity index (χ0n) is 13.0. The summed E-state index contributed by atoms with van der Waals surface area (Å²) in [5, 5.41) is 0. The van der Waals surface area contributed by atoms with E-state index in [1.807, 2.05) is 37.7 Å². The summed E-state index contributed by atoms with van der Waals surface area (Å²) in [6.45, 7) is 5.73. The SMILES string of the molecule is CCN(Cc1ccc(N)cc1C(F)(F)F)C(C)CN(C)C. The van der Waals surface area contributed by atoms with Crippen LogP contribution in [0.1, 0.15) is 25.0 Å². The van der Waals surface area contributed by atoms with Crippen LogP contribution in [0.4, 0.5) is 18.9 Å². The number of alkyl halides is 3. The number of nitrogen functional groups attached to an aromatic ring is 1. The normalized spacial score (nSPS) is 14.0. The van der Waals surface area contributed by atoms with Crippen LogP contribution in [-0.4, -0.2) is 43.0 Å². The number of hydrogen-bond donors (Lipinski definition) is 1. The van der Waals surface area contributed by atoms with Gasteiger partial charge in [-0.25, -0.2) is 0 Å². The Bertz CT molecular complexity index is 458. The maximum atomic E-state index is 13.1. The summed E-state index contributed by atoms with van der Waals surface area (Å²) in [4.78, 5) is 4.06. The average molecular weight is 303 g/mol. The third-order valence-electron chi connectivity index (χ3n) is 3.47. The molecule has 0 amide bonds. The van der Waals surface area contributed by atoms with Gasteiger partial charge in [-0.1, -0.05) is 13.0 Å². The molecule has 1 atom stereocenters. The predicted molar refractivity (Wildman–Crippen MR) is 80.0 cm³/mol. The molecule has 0 aliphatic heterocycles. The molecule has 0 radical (unpaired) electrons. The number of anilines is 1. The third kappa shape index (κ3) is 5.21. The van der Waals surface area contributed by atoms with Crippen LogP contribution < -0.4 is 5.73 Å². The van der Waals surface area contributed by atoms with Gasteiger partial charge < -0.3 is 10.6 Å². The molecular weight excluding hydrogens is 279 g/mol. The lowest BCUT2D eigenvalue weighted by Crippen LogP contribution is -2.39. The van der Waals surface area contributed by atoms with Crippen molar-refractivity contribution in [1.82, 2.24) is 9.80 Å². The smallest absolute Gasteiger partial charge is 0.399 e. The summed E-state index contributed by atoms with van der Waals surface area (Å²) >= 11 is 0. The summed E-state index contributed by atoms with van der Waals surface area (Å²) in [6, 6.07) is 4.18. The van der Waals surface area contributed by atoms with E-state index >= 15 is 0 Å². The maximum absolute atomic E-state index is 13.1. The first-order chi connectivity index (χ1) is 9.65. The average Bonchev–Trinajstić information content (AvgIpc) is 2.35. The van der Waals surface area contributed by atoms with Crippen molar-refractivity contribution in [3.63, 3.8) is 0 Å². The van der Waals surface area contributed by atoms with Crippen molar-refractivity contribution in [3.05, 3.63) is 29.3 Å². The van der Waals surface area contributed by atoms with Gasteiger partial charge in [-0.15, -0.1) is 0 Å². The van der Waals surface area contributed by atoms with Gasteiger partial charge in [0.05, 0.1) is 5.56 Å². The lowest BCUT2D eigenvalue weighted by Gasteiger charge is -2.30. The molecule has 0 heterocycles. The fraction of sp³-hybridized carbons (Fsp3) is 0.600. The third-order valence-corrected chi connectivity index (χ3v) is 3.47. The van der Waals surface area contributed by atoms with Crippen LogP contribution >= 0.6 is 0 Å². The zero-order chi connectivity index (χ0) is 16.2. The van der Waals surface area contributed by atoms with Crippen LogP contribution in [0, 0.1) is 0 Å². The number of nitrogens with zero attached hydrogens (tertiary/aromatic N) is 2. The first-order valence-electron chi connectivity index (χ1n) is 6.99. The molecule has 0 aliphatic carbocycles. The Hall–Kier alpha value is -1.27. The first-order valence-corrected chi connectivity index (χ1v) is 6.99. The number of rotatable bonds is 6.